The minimum absolute atomic E-state index is 0.322. The summed E-state index contributed by atoms with van der Waals surface area (Å²) in [5.41, 5.74) is 2.52. The highest BCUT2D eigenvalue weighted by molar-refractivity contribution is 9.10. The summed E-state index contributed by atoms with van der Waals surface area (Å²) in [6.07, 6.45) is 0.998. The molecule has 82 valence electrons. The number of halogens is 1. The fraction of sp³-hybridized carbons (Fsp3) is 0.455. The number of hydrogen-bond acceptors (Lipinski definition) is 3. The minimum atomic E-state index is 0.322. The molecule has 1 aromatic rings. The molecule has 1 aromatic carbocycles. The van der Waals surface area contributed by atoms with Crippen LogP contribution in [0.25, 0.3) is 0 Å². The molecule has 0 radical (unpaired) electrons. The molecular formula is C11H14BrNO2. The topological polar surface area (TPSA) is 30.5 Å². The van der Waals surface area contributed by atoms with Gasteiger partial charge in [0.2, 0.25) is 6.79 Å². The van der Waals surface area contributed by atoms with E-state index in [4.69, 9.17) is 9.47 Å². The van der Waals surface area contributed by atoms with Gasteiger partial charge >= 0.3 is 0 Å². The Morgan fingerprint density at radius 2 is 2.27 bits per heavy atom. The maximum absolute atomic E-state index is 5.38. The van der Waals surface area contributed by atoms with Gasteiger partial charge in [0.1, 0.15) is 0 Å². The number of benzene rings is 1. The molecule has 0 atom stereocenters. The van der Waals surface area contributed by atoms with Crippen LogP contribution in [-0.2, 0) is 6.42 Å². The van der Waals surface area contributed by atoms with Crippen molar-refractivity contribution < 1.29 is 9.47 Å². The fourth-order valence-electron chi connectivity index (χ4n) is 1.66. The summed E-state index contributed by atoms with van der Waals surface area (Å²) in [5, 5.41) is 3.14. The number of rotatable bonds is 3. The highest BCUT2D eigenvalue weighted by Gasteiger charge is 2.20. The minimum Gasteiger partial charge on any atom is -0.454 e. The van der Waals surface area contributed by atoms with Crippen LogP contribution < -0.4 is 14.8 Å². The van der Waals surface area contributed by atoms with Crippen LogP contribution in [0.5, 0.6) is 11.5 Å². The van der Waals surface area contributed by atoms with Gasteiger partial charge in [-0.3, -0.25) is 0 Å². The van der Waals surface area contributed by atoms with Crippen LogP contribution in [0.2, 0.25) is 0 Å². The molecule has 4 heteroatoms. The first kappa shape index (κ1) is 10.8. The Balaban J connectivity index is 2.36. The summed E-state index contributed by atoms with van der Waals surface area (Å²) in [7, 11) is 1.96. The van der Waals surface area contributed by atoms with Crippen LogP contribution in [0.4, 0.5) is 0 Å². The van der Waals surface area contributed by atoms with E-state index in [0.717, 1.165) is 28.9 Å². The maximum atomic E-state index is 5.38. The van der Waals surface area contributed by atoms with Gasteiger partial charge in [0, 0.05) is 0 Å². The van der Waals surface area contributed by atoms with Gasteiger partial charge in [-0.25, -0.2) is 0 Å². The van der Waals surface area contributed by atoms with E-state index >= 15 is 0 Å². The van der Waals surface area contributed by atoms with Crippen molar-refractivity contribution in [3.63, 3.8) is 0 Å². The van der Waals surface area contributed by atoms with Gasteiger partial charge in [-0.2, -0.15) is 0 Å². The third kappa shape index (κ3) is 1.96. The number of nitrogens with one attached hydrogen (secondary N) is 1. The Morgan fingerprint density at radius 1 is 1.47 bits per heavy atom. The van der Waals surface area contributed by atoms with Gasteiger partial charge in [-0.1, -0.05) is 0 Å². The van der Waals surface area contributed by atoms with Gasteiger partial charge in [0.25, 0.3) is 0 Å². The standard InChI is InChI=1S/C11H14BrNO2/c1-7-8(3-4-13-2)5-9-11(10(7)12)15-6-14-9/h5,13H,3-4,6H2,1-2H3. The van der Waals surface area contributed by atoms with E-state index in [1.54, 1.807) is 0 Å². The predicted octanol–water partition coefficient (Wildman–Crippen LogP) is 2.25. The van der Waals surface area contributed by atoms with Crippen LogP contribution in [0.3, 0.4) is 0 Å². The van der Waals surface area contributed by atoms with Crippen molar-refractivity contribution in [2.75, 3.05) is 20.4 Å². The second-order valence-corrected chi connectivity index (χ2v) is 4.36. The maximum Gasteiger partial charge on any atom is 0.231 e. The summed E-state index contributed by atoms with van der Waals surface area (Å²) in [6.45, 7) is 3.38. The summed E-state index contributed by atoms with van der Waals surface area (Å²) in [4.78, 5) is 0. The van der Waals surface area contributed by atoms with E-state index < -0.39 is 0 Å². The zero-order valence-corrected chi connectivity index (χ0v) is 10.5. The number of likely N-dealkylation sites (N-methyl/N-ethyl adjacent to an activating group) is 1. The van der Waals surface area contributed by atoms with Crippen molar-refractivity contribution in [2.24, 2.45) is 0 Å². The number of fused-ring (bicyclic) bond motifs is 1. The van der Waals surface area contributed by atoms with Crippen molar-refractivity contribution in [2.45, 2.75) is 13.3 Å². The summed E-state index contributed by atoms with van der Waals surface area (Å²) < 4.78 is 11.8. The SMILES string of the molecule is CNCCc1cc2c(c(Br)c1C)OCO2. The molecule has 1 N–H and O–H groups in total. The fourth-order valence-corrected chi connectivity index (χ4v) is 2.23. The van der Waals surface area contributed by atoms with Crippen molar-refractivity contribution in [3.05, 3.63) is 21.7 Å². The van der Waals surface area contributed by atoms with E-state index in [9.17, 15) is 0 Å². The zero-order chi connectivity index (χ0) is 10.8. The summed E-state index contributed by atoms with van der Waals surface area (Å²) in [6, 6.07) is 2.07. The lowest BCUT2D eigenvalue weighted by molar-refractivity contribution is 0.173. The Morgan fingerprint density at radius 3 is 3.00 bits per heavy atom. The van der Waals surface area contributed by atoms with E-state index in [1.165, 1.54) is 11.1 Å². The molecule has 0 amide bonds. The molecule has 1 aliphatic heterocycles. The second kappa shape index (κ2) is 4.41. The lowest BCUT2D eigenvalue weighted by atomic mass is 10.0. The van der Waals surface area contributed by atoms with Gasteiger partial charge in [-0.05, 0) is 60.1 Å². The molecule has 0 unspecified atom stereocenters. The molecule has 0 fully saturated rings. The molecule has 2 rings (SSSR count). The average molecular weight is 272 g/mol. The molecule has 0 aromatic heterocycles. The number of ether oxygens (including phenoxy) is 2. The monoisotopic (exact) mass is 271 g/mol. The Bertz CT molecular complexity index is 379. The van der Waals surface area contributed by atoms with E-state index in [0.29, 0.717) is 6.79 Å². The van der Waals surface area contributed by atoms with Crippen LogP contribution >= 0.6 is 15.9 Å². The van der Waals surface area contributed by atoms with Crippen LogP contribution in [0.1, 0.15) is 11.1 Å². The van der Waals surface area contributed by atoms with Crippen LogP contribution in [0, 0.1) is 6.92 Å². The second-order valence-electron chi connectivity index (χ2n) is 3.56. The van der Waals surface area contributed by atoms with E-state index in [1.807, 2.05) is 7.05 Å². The molecule has 1 heterocycles. The van der Waals surface area contributed by atoms with Gasteiger partial charge in [0.15, 0.2) is 11.5 Å². The smallest absolute Gasteiger partial charge is 0.231 e. The van der Waals surface area contributed by atoms with Gasteiger partial charge < -0.3 is 14.8 Å². The van der Waals surface area contributed by atoms with Gasteiger partial charge in [0.05, 0.1) is 4.47 Å². The molecule has 3 nitrogen and oxygen atoms in total. The van der Waals surface area contributed by atoms with E-state index in [-0.39, 0.29) is 0 Å². The van der Waals surface area contributed by atoms with Crippen molar-refractivity contribution >= 4 is 15.9 Å². The van der Waals surface area contributed by atoms with Crippen molar-refractivity contribution in [1.29, 1.82) is 0 Å². The Hall–Kier alpha value is -0.740. The molecule has 15 heavy (non-hydrogen) atoms. The molecular weight excluding hydrogens is 258 g/mol. The number of hydrogen-bond donors (Lipinski definition) is 1. The van der Waals surface area contributed by atoms with Crippen LogP contribution in [0.15, 0.2) is 10.5 Å². The predicted molar refractivity (Wildman–Crippen MR) is 62.6 cm³/mol. The lowest BCUT2D eigenvalue weighted by Crippen LogP contribution is -2.11. The molecule has 0 bridgehead atoms. The first-order chi connectivity index (χ1) is 7.24. The third-order valence-electron chi connectivity index (χ3n) is 2.60. The molecule has 0 spiro atoms. The first-order valence-corrected chi connectivity index (χ1v) is 5.75. The zero-order valence-electron chi connectivity index (χ0n) is 8.89. The third-order valence-corrected chi connectivity index (χ3v) is 3.56. The normalized spacial score (nSPS) is 13.3. The quantitative estimate of drug-likeness (QED) is 0.915. The highest BCUT2D eigenvalue weighted by atomic mass is 79.9. The van der Waals surface area contributed by atoms with Crippen molar-refractivity contribution in [3.8, 4) is 11.5 Å². The van der Waals surface area contributed by atoms with Crippen LogP contribution in [-0.4, -0.2) is 20.4 Å². The lowest BCUT2D eigenvalue weighted by Gasteiger charge is -2.10. The summed E-state index contributed by atoms with van der Waals surface area (Å²) in [5.74, 6) is 1.68. The van der Waals surface area contributed by atoms with E-state index in [2.05, 4.69) is 34.2 Å². The largest absolute Gasteiger partial charge is 0.454 e. The van der Waals surface area contributed by atoms with Crippen molar-refractivity contribution in [1.82, 2.24) is 5.32 Å². The van der Waals surface area contributed by atoms with Gasteiger partial charge in [-0.15, -0.1) is 0 Å². The molecule has 0 aliphatic carbocycles. The molecule has 0 saturated heterocycles. The first-order valence-electron chi connectivity index (χ1n) is 4.96. The molecule has 1 aliphatic rings. The summed E-state index contributed by atoms with van der Waals surface area (Å²) >= 11 is 3.55. The average Bonchev–Trinajstić information content (AvgIpc) is 2.69. The highest BCUT2D eigenvalue weighted by Crippen LogP contribution is 2.42. The Labute approximate surface area is 97.9 Å². The molecule has 0 saturated carbocycles. The Kier molecular flexibility index (Phi) is 3.17.